The van der Waals surface area contributed by atoms with E-state index in [2.05, 4.69) is 22.2 Å². The Bertz CT molecular complexity index is 762. The second-order valence-electron chi connectivity index (χ2n) is 7.47. The molecule has 2 aromatic rings. The highest BCUT2D eigenvalue weighted by Crippen LogP contribution is 2.22. The minimum absolute atomic E-state index is 0.0907. The van der Waals surface area contributed by atoms with Gasteiger partial charge in [-0.3, -0.25) is 9.78 Å². The molecule has 1 aliphatic rings. The van der Waals surface area contributed by atoms with E-state index in [-0.39, 0.29) is 5.91 Å². The van der Waals surface area contributed by atoms with Crippen LogP contribution in [0.4, 0.5) is 5.69 Å². The maximum Gasteiger partial charge on any atom is 0.253 e. The lowest BCUT2D eigenvalue weighted by molar-refractivity contribution is 0.0716. The number of pyridine rings is 1. The number of anilines is 1. The lowest BCUT2D eigenvalue weighted by Crippen LogP contribution is -2.45. The van der Waals surface area contributed by atoms with Crippen LogP contribution >= 0.6 is 0 Å². The predicted molar refractivity (Wildman–Crippen MR) is 110 cm³/mol. The van der Waals surface area contributed by atoms with E-state index in [1.807, 2.05) is 55.3 Å². The molecule has 1 N–H and O–H groups in total. The number of likely N-dealkylation sites (tertiary alicyclic amines) is 1. The van der Waals surface area contributed by atoms with Crippen LogP contribution in [-0.4, -0.2) is 53.9 Å². The zero-order valence-corrected chi connectivity index (χ0v) is 16.6. The zero-order chi connectivity index (χ0) is 19.2. The molecule has 1 saturated heterocycles. The largest absolute Gasteiger partial charge is 0.379 e. The second-order valence-corrected chi connectivity index (χ2v) is 7.47. The zero-order valence-electron chi connectivity index (χ0n) is 16.6. The monoisotopic (exact) mass is 366 g/mol. The summed E-state index contributed by atoms with van der Waals surface area (Å²) in [5.74, 6) is 0.0907. The Labute approximate surface area is 162 Å². The van der Waals surface area contributed by atoms with E-state index < -0.39 is 0 Å². The molecular formula is C22H30N4O. The molecule has 0 aliphatic carbocycles. The van der Waals surface area contributed by atoms with Crippen molar-refractivity contribution in [1.29, 1.82) is 0 Å². The van der Waals surface area contributed by atoms with Crippen molar-refractivity contribution in [2.75, 3.05) is 32.5 Å². The molecule has 1 aromatic carbocycles. The smallest absolute Gasteiger partial charge is 0.253 e. The SMILES string of the molecule is Cc1c(NCc2ccccn2)cccc1C(=O)N(C)C[C@@H]1CCCCN1C. The van der Waals surface area contributed by atoms with E-state index in [0.717, 1.165) is 35.6 Å². The molecule has 0 radical (unpaired) electrons. The first-order valence-corrected chi connectivity index (χ1v) is 9.75. The molecule has 0 unspecified atom stereocenters. The van der Waals surface area contributed by atoms with Gasteiger partial charge in [0.15, 0.2) is 0 Å². The molecule has 1 amide bonds. The fourth-order valence-corrected chi connectivity index (χ4v) is 3.73. The number of carbonyl (C=O) groups excluding carboxylic acids is 1. The first-order valence-electron chi connectivity index (χ1n) is 9.75. The van der Waals surface area contributed by atoms with Gasteiger partial charge in [-0.1, -0.05) is 18.6 Å². The number of amides is 1. The number of hydrogen-bond donors (Lipinski definition) is 1. The molecule has 5 heteroatoms. The normalized spacial score (nSPS) is 17.5. The molecule has 5 nitrogen and oxygen atoms in total. The number of nitrogens with zero attached hydrogens (tertiary/aromatic N) is 3. The summed E-state index contributed by atoms with van der Waals surface area (Å²) < 4.78 is 0. The number of rotatable bonds is 6. The van der Waals surface area contributed by atoms with Crippen LogP contribution < -0.4 is 5.32 Å². The van der Waals surface area contributed by atoms with Gasteiger partial charge in [0.25, 0.3) is 5.91 Å². The van der Waals surface area contributed by atoms with Crippen molar-refractivity contribution in [2.24, 2.45) is 0 Å². The molecule has 0 spiro atoms. The van der Waals surface area contributed by atoms with Gasteiger partial charge in [0, 0.05) is 37.1 Å². The van der Waals surface area contributed by atoms with E-state index in [9.17, 15) is 4.79 Å². The standard InChI is InChI=1S/C22H30N4O/c1-17-20(22(27)26(3)16-19-10-5-7-14-25(19)2)11-8-12-21(17)24-15-18-9-4-6-13-23-18/h4,6,8-9,11-13,19,24H,5,7,10,14-16H2,1-3H3/t19-/m0/s1. The summed E-state index contributed by atoms with van der Waals surface area (Å²) in [5.41, 5.74) is 3.71. The number of nitrogens with one attached hydrogen (secondary N) is 1. The summed E-state index contributed by atoms with van der Waals surface area (Å²) in [6, 6.07) is 12.2. The number of piperidine rings is 1. The summed E-state index contributed by atoms with van der Waals surface area (Å²) in [6.45, 7) is 4.55. The van der Waals surface area contributed by atoms with Crippen LogP contribution in [-0.2, 0) is 6.54 Å². The van der Waals surface area contributed by atoms with Crippen molar-refractivity contribution in [3.05, 3.63) is 59.4 Å². The summed E-state index contributed by atoms with van der Waals surface area (Å²) in [4.78, 5) is 21.6. The number of hydrogen-bond acceptors (Lipinski definition) is 4. The van der Waals surface area contributed by atoms with Crippen molar-refractivity contribution in [3.8, 4) is 0 Å². The van der Waals surface area contributed by atoms with Gasteiger partial charge in [-0.25, -0.2) is 0 Å². The molecule has 1 aliphatic heterocycles. The maximum atomic E-state index is 13.0. The third-order valence-corrected chi connectivity index (χ3v) is 5.50. The van der Waals surface area contributed by atoms with Crippen molar-refractivity contribution in [2.45, 2.75) is 38.8 Å². The molecular weight excluding hydrogens is 336 g/mol. The topological polar surface area (TPSA) is 48.5 Å². The van der Waals surface area contributed by atoms with Crippen LogP contribution in [0.2, 0.25) is 0 Å². The number of likely N-dealkylation sites (N-methyl/N-ethyl adjacent to an activating group) is 2. The van der Waals surface area contributed by atoms with Crippen molar-refractivity contribution in [1.82, 2.24) is 14.8 Å². The maximum absolute atomic E-state index is 13.0. The average molecular weight is 367 g/mol. The van der Waals surface area contributed by atoms with Crippen molar-refractivity contribution >= 4 is 11.6 Å². The highest BCUT2D eigenvalue weighted by molar-refractivity contribution is 5.96. The van der Waals surface area contributed by atoms with Gasteiger partial charge in [0.2, 0.25) is 0 Å². The van der Waals surface area contributed by atoms with Gasteiger partial charge in [-0.05, 0) is 63.2 Å². The van der Waals surface area contributed by atoms with Gasteiger partial charge in [0.05, 0.1) is 12.2 Å². The molecule has 0 bridgehead atoms. The first kappa shape index (κ1) is 19.4. The van der Waals surface area contributed by atoms with E-state index in [0.29, 0.717) is 12.6 Å². The molecule has 27 heavy (non-hydrogen) atoms. The predicted octanol–water partition coefficient (Wildman–Crippen LogP) is 3.56. The fourth-order valence-electron chi connectivity index (χ4n) is 3.73. The van der Waals surface area contributed by atoms with Gasteiger partial charge >= 0.3 is 0 Å². The summed E-state index contributed by atoms with van der Waals surface area (Å²) in [7, 11) is 4.08. The van der Waals surface area contributed by atoms with Crippen LogP contribution in [0.25, 0.3) is 0 Å². The van der Waals surface area contributed by atoms with Crippen LogP contribution in [0.1, 0.15) is 40.9 Å². The Morgan fingerprint density at radius 1 is 1.26 bits per heavy atom. The Balaban J connectivity index is 1.67. The van der Waals surface area contributed by atoms with Gasteiger partial charge in [-0.2, -0.15) is 0 Å². The van der Waals surface area contributed by atoms with Crippen molar-refractivity contribution in [3.63, 3.8) is 0 Å². The van der Waals surface area contributed by atoms with Gasteiger partial charge in [-0.15, -0.1) is 0 Å². The molecule has 1 fully saturated rings. The molecule has 1 aromatic heterocycles. The Morgan fingerprint density at radius 3 is 2.85 bits per heavy atom. The van der Waals surface area contributed by atoms with E-state index in [1.54, 1.807) is 6.20 Å². The quantitative estimate of drug-likeness (QED) is 0.849. The van der Waals surface area contributed by atoms with Crippen LogP contribution in [0.3, 0.4) is 0 Å². The Hall–Kier alpha value is -2.40. The molecule has 2 heterocycles. The summed E-state index contributed by atoms with van der Waals surface area (Å²) in [5, 5.41) is 3.41. The van der Waals surface area contributed by atoms with E-state index in [4.69, 9.17) is 0 Å². The van der Waals surface area contributed by atoms with Gasteiger partial charge < -0.3 is 15.1 Å². The average Bonchev–Trinajstić information content (AvgIpc) is 2.69. The number of carbonyl (C=O) groups is 1. The Morgan fingerprint density at radius 2 is 2.11 bits per heavy atom. The number of aromatic nitrogens is 1. The Kier molecular flexibility index (Phi) is 6.45. The van der Waals surface area contributed by atoms with Crippen LogP contribution in [0, 0.1) is 6.92 Å². The third kappa shape index (κ3) is 4.86. The molecule has 0 saturated carbocycles. The fraction of sp³-hybridized carbons (Fsp3) is 0.455. The van der Waals surface area contributed by atoms with Crippen LogP contribution in [0.5, 0.6) is 0 Å². The second kappa shape index (κ2) is 9.00. The molecule has 144 valence electrons. The van der Waals surface area contributed by atoms with E-state index in [1.165, 1.54) is 19.3 Å². The lowest BCUT2D eigenvalue weighted by Gasteiger charge is -2.35. The van der Waals surface area contributed by atoms with Crippen LogP contribution in [0.15, 0.2) is 42.6 Å². The summed E-state index contributed by atoms with van der Waals surface area (Å²) in [6.07, 6.45) is 5.47. The van der Waals surface area contributed by atoms with Crippen molar-refractivity contribution < 1.29 is 4.79 Å². The molecule has 3 rings (SSSR count). The highest BCUT2D eigenvalue weighted by atomic mass is 16.2. The highest BCUT2D eigenvalue weighted by Gasteiger charge is 2.23. The third-order valence-electron chi connectivity index (χ3n) is 5.50. The van der Waals surface area contributed by atoms with Gasteiger partial charge in [0.1, 0.15) is 0 Å². The number of benzene rings is 1. The minimum atomic E-state index is 0.0907. The first-order chi connectivity index (χ1) is 13.1. The molecule has 1 atom stereocenters. The lowest BCUT2D eigenvalue weighted by atomic mass is 10.0. The van der Waals surface area contributed by atoms with E-state index >= 15 is 0 Å². The minimum Gasteiger partial charge on any atom is -0.379 e. The summed E-state index contributed by atoms with van der Waals surface area (Å²) >= 11 is 0.